The van der Waals surface area contributed by atoms with Crippen molar-refractivity contribution in [2.75, 3.05) is 6.61 Å². The van der Waals surface area contributed by atoms with E-state index in [0.29, 0.717) is 36.9 Å². The van der Waals surface area contributed by atoms with E-state index in [2.05, 4.69) is 33.4 Å². The fraction of sp³-hybridized carbons (Fsp3) is 0.231. The molecule has 1 unspecified atom stereocenters. The van der Waals surface area contributed by atoms with Gasteiger partial charge in [-0.25, -0.2) is 0 Å². The fourth-order valence-electron chi connectivity index (χ4n) is 4.65. The number of fused-ring (bicyclic) bond motifs is 2. The van der Waals surface area contributed by atoms with E-state index in [1.807, 2.05) is 35.2 Å². The molecule has 0 fully saturated rings. The van der Waals surface area contributed by atoms with E-state index in [-0.39, 0.29) is 11.9 Å². The van der Waals surface area contributed by atoms with Gasteiger partial charge in [0.25, 0.3) is 5.91 Å². The number of amides is 1. The predicted octanol–water partition coefficient (Wildman–Crippen LogP) is 4.31. The molecule has 4 aromatic rings. The van der Waals surface area contributed by atoms with Crippen LogP contribution in [0.1, 0.15) is 44.9 Å². The second kappa shape index (κ2) is 7.85. The minimum atomic E-state index is -0.325. The van der Waals surface area contributed by atoms with Crippen molar-refractivity contribution >= 4 is 5.91 Å². The third-order valence-electron chi connectivity index (χ3n) is 6.34. The molecule has 33 heavy (non-hydrogen) atoms. The van der Waals surface area contributed by atoms with Crippen molar-refractivity contribution in [3.63, 3.8) is 0 Å². The minimum absolute atomic E-state index is 0.107. The maximum absolute atomic E-state index is 13.7. The Morgan fingerprint density at radius 1 is 1.00 bits per heavy atom. The molecule has 164 valence electrons. The zero-order chi connectivity index (χ0) is 22.4. The number of pyridine rings is 1. The number of hydrogen-bond acceptors (Lipinski definition) is 6. The zero-order valence-corrected chi connectivity index (χ0v) is 18.2. The van der Waals surface area contributed by atoms with Crippen molar-refractivity contribution in [1.29, 1.82) is 0 Å². The summed E-state index contributed by atoms with van der Waals surface area (Å²) >= 11 is 0. The third kappa shape index (κ3) is 3.55. The molecule has 0 N–H and O–H groups in total. The van der Waals surface area contributed by atoms with Gasteiger partial charge in [-0.3, -0.25) is 9.78 Å². The van der Waals surface area contributed by atoms with Crippen molar-refractivity contribution < 1.29 is 13.9 Å². The van der Waals surface area contributed by atoms with Crippen molar-refractivity contribution in [1.82, 2.24) is 20.1 Å². The highest BCUT2D eigenvalue weighted by Gasteiger charge is 2.35. The van der Waals surface area contributed by atoms with Crippen LogP contribution in [0.2, 0.25) is 0 Å². The molecular formula is C26H22N4O3. The van der Waals surface area contributed by atoms with E-state index in [1.165, 1.54) is 11.1 Å². The normalized spacial score (nSPS) is 16.8. The molecule has 7 heteroatoms. The van der Waals surface area contributed by atoms with Crippen LogP contribution >= 0.6 is 0 Å². The molecular weight excluding hydrogens is 416 g/mol. The molecule has 1 atom stereocenters. The molecule has 0 saturated carbocycles. The number of rotatable bonds is 3. The molecule has 0 spiro atoms. The first-order valence-corrected chi connectivity index (χ1v) is 11.0. The smallest absolute Gasteiger partial charge is 0.256 e. The second-order valence-electron chi connectivity index (χ2n) is 8.46. The molecule has 0 aliphatic carbocycles. The van der Waals surface area contributed by atoms with Gasteiger partial charge in [-0.05, 0) is 40.5 Å². The SMILES string of the molecule is Cc1nnc(C2Cc3ccccc3CN2C(=O)c2cncc(-c3ccc4c(c3)CCO4)c2)o1. The Balaban J connectivity index is 1.36. The van der Waals surface area contributed by atoms with Crippen molar-refractivity contribution in [2.24, 2.45) is 0 Å². The van der Waals surface area contributed by atoms with Gasteiger partial charge in [-0.15, -0.1) is 10.2 Å². The van der Waals surface area contributed by atoms with Crippen LogP contribution in [-0.4, -0.2) is 32.6 Å². The van der Waals surface area contributed by atoms with Crippen LogP contribution in [-0.2, 0) is 19.4 Å². The van der Waals surface area contributed by atoms with E-state index in [1.54, 1.807) is 19.3 Å². The van der Waals surface area contributed by atoms with E-state index in [4.69, 9.17) is 9.15 Å². The number of carbonyl (C=O) groups is 1. The highest BCUT2D eigenvalue weighted by Crippen LogP contribution is 2.35. The number of carbonyl (C=O) groups excluding carboxylic acids is 1. The van der Waals surface area contributed by atoms with Crippen LogP contribution in [0.3, 0.4) is 0 Å². The average molecular weight is 438 g/mol. The number of benzene rings is 2. The molecule has 1 amide bonds. The Morgan fingerprint density at radius 2 is 1.88 bits per heavy atom. The van der Waals surface area contributed by atoms with Gasteiger partial charge in [0, 0.05) is 44.3 Å². The van der Waals surface area contributed by atoms with Crippen molar-refractivity contribution in [3.05, 3.63) is 95.0 Å². The summed E-state index contributed by atoms with van der Waals surface area (Å²) in [6, 6.07) is 15.9. The Morgan fingerprint density at radius 3 is 2.73 bits per heavy atom. The first-order valence-electron chi connectivity index (χ1n) is 11.0. The van der Waals surface area contributed by atoms with Crippen LogP contribution in [0.25, 0.3) is 11.1 Å². The van der Waals surface area contributed by atoms with Crippen LogP contribution < -0.4 is 4.74 Å². The maximum Gasteiger partial charge on any atom is 0.256 e. The minimum Gasteiger partial charge on any atom is -0.493 e. The number of hydrogen-bond donors (Lipinski definition) is 0. The zero-order valence-electron chi connectivity index (χ0n) is 18.2. The maximum atomic E-state index is 13.7. The Labute approximate surface area is 191 Å². The van der Waals surface area contributed by atoms with Crippen LogP contribution in [0, 0.1) is 6.92 Å². The summed E-state index contributed by atoms with van der Waals surface area (Å²) in [5, 5.41) is 8.22. The first kappa shape index (κ1) is 19.7. The molecule has 0 saturated heterocycles. The largest absolute Gasteiger partial charge is 0.493 e. The first-order chi connectivity index (χ1) is 16.2. The van der Waals surface area contributed by atoms with Crippen LogP contribution in [0.15, 0.2) is 65.3 Å². The van der Waals surface area contributed by atoms with E-state index in [9.17, 15) is 4.79 Å². The molecule has 2 aromatic heterocycles. The molecule has 7 nitrogen and oxygen atoms in total. The lowest BCUT2D eigenvalue weighted by atomic mass is 9.93. The third-order valence-corrected chi connectivity index (χ3v) is 6.34. The highest BCUT2D eigenvalue weighted by atomic mass is 16.5. The van der Waals surface area contributed by atoms with E-state index < -0.39 is 0 Å². The standard InChI is InChI=1S/C26H22N4O3/c1-16-28-29-25(33-16)23-12-17-4-2-3-5-20(17)15-30(23)26(31)22-11-21(13-27-14-22)18-6-7-24-19(10-18)8-9-32-24/h2-7,10-11,13-14,23H,8-9,12,15H2,1H3. The lowest BCUT2D eigenvalue weighted by Gasteiger charge is -2.35. The van der Waals surface area contributed by atoms with E-state index >= 15 is 0 Å². The molecule has 6 rings (SSSR count). The van der Waals surface area contributed by atoms with Crippen LogP contribution in [0.4, 0.5) is 0 Å². The predicted molar refractivity (Wildman–Crippen MR) is 121 cm³/mol. The Kier molecular flexibility index (Phi) is 4.68. The van der Waals surface area contributed by atoms with Gasteiger partial charge in [0.2, 0.25) is 11.8 Å². The monoisotopic (exact) mass is 438 g/mol. The lowest BCUT2D eigenvalue weighted by Crippen LogP contribution is -2.39. The van der Waals surface area contributed by atoms with Gasteiger partial charge in [0.15, 0.2) is 0 Å². The number of aryl methyl sites for hydroxylation is 1. The topological polar surface area (TPSA) is 81.4 Å². The lowest BCUT2D eigenvalue weighted by molar-refractivity contribution is 0.0602. The molecule has 2 aliphatic heterocycles. The highest BCUT2D eigenvalue weighted by molar-refractivity contribution is 5.95. The van der Waals surface area contributed by atoms with Gasteiger partial charge in [-0.1, -0.05) is 30.3 Å². The Hall–Kier alpha value is -4.00. The molecule has 0 bridgehead atoms. The van der Waals surface area contributed by atoms with Crippen molar-refractivity contribution in [2.45, 2.75) is 32.4 Å². The van der Waals surface area contributed by atoms with Gasteiger partial charge in [0.1, 0.15) is 11.8 Å². The summed E-state index contributed by atoms with van der Waals surface area (Å²) in [7, 11) is 0. The summed E-state index contributed by atoms with van der Waals surface area (Å²) in [6.45, 7) is 2.94. The number of ether oxygens (including phenoxy) is 1. The molecule has 0 radical (unpaired) electrons. The molecule has 2 aliphatic rings. The second-order valence-corrected chi connectivity index (χ2v) is 8.46. The van der Waals surface area contributed by atoms with Gasteiger partial charge < -0.3 is 14.1 Å². The number of aromatic nitrogens is 3. The van der Waals surface area contributed by atoms with E-state index in [0.717, 1.165) is 28.9 Å². The fourth-order valence-corrected chi connectivity index (χ4v) is 4.65. The summed E-state index contributed by atoms with van der Waals surface area (Å²) < 4.78 is 11.4. The molecule has 4 heterocycles. The summed E-state index contributed by atoms with van der Waals surface area (Å²) in [4.78, 5) is 19.9. The van der Waals surface area contributed by atoms with Gasteiger partial charge in [-0.2, -0.15) is 0 Å². The summed E-state index contributed by atoms with van der Waals surface area (Å²) in [5.41, 5.74) is 5.96. The average Bonchev–Trinajstić information content (AvgIpc) is 3.51. The summed E-state index contributed by atoms with van der Waals surface area (Å²) in [6.07, 6.45) is 4.94. The Bertz CT molecular complexity index is 1360. The van der Waals surface area contributed by atoms with Crippen LogP contribution in [0.5, 0.6) is 5.75 Å². The number of nitrogens with zero attached hydrogens (tertiary/aromatic N) is 4. The van der Waals surface area contributed by atoms with Gasteiger partial charge >= 0.3 is 0 Å². The summed E-state index contributed by atoms with van der Waals surface area (Å²) in [5.74, 6) is 1.77. The quantitative estimate of drug-likeness (QED) is 0.474. The van der Waals surface area contributed by atoms with Gasteiger partial charge in [0.05, 0.1) is 12.2 Å². The van der Waals surface area contributed by atoms with Crippen molar-refractivity contribution in [3.8, 4) is 16.9 Å². The molecule has 2 aromatic carbocycles.